The Hall–Kier alpha value is -0.840. The molecule has 0 amide bonds. The Labute approximate surface area is 103 Å². The molecule has 1 aromatic rings. The van der Waals surface area contributed by atoms with Gasteiger partial charge in [0.05, 0.1) is 0 Å². The van der Waals surface area contributed by atoms with Gasteiger partial charge in [-0.2, -0.15) is 0 Å². The second-order valence-corrected chi connectivity index (χ2v) is 5.57. The number of piperidine rings is 1. The third kappa shape index (κ3) is 2.14. The summed E-state index contributed by atoms with van der Waals surface area (Å²) >= 11 is 3.66. The van der Waals surface area contributed by atoms with Crippen molar-refractivity contribution in [3.05, 3.63) is 22.7 Å². The van der Waals surface area contributed by atoms with Crippen LogP contribution in [0.5, 0.6) is 0 Å². The van der Waals surface area contributed by atoms with Crippen molar-refractivity contribution in [2.75, 3.05) is 18.0 Å². The lowest BCUT2D eigenvalue weighted by molar-refractivity contribution is 0.453. The number of rotatable bonds is 1. The molecule has 4 nitrogen and oxygen atoms in total. The third-order valence-electron chi connectivity index (χ3n) is 3.16. The first-order valence-corrected chi connectivity index (χ1v) is 6.42. The maximum Gasteiger partial charge on any atom is 0.293 e. The first kappa shape index (κ1) is 11.6. The number of aromatic nitrogens is 2. The van der Waals surface area contributed by atoms with Crippen LogP contribution in [0.4, 0.5) is 5.82 Å². The summed E-state index contributed by atoms with van der Waals surface area (Å²) < 4.78 is 1.57. The predicted octanol–water partition coefficient (Wildman–Crippen LogP) is 1.39. The van der Waals surface area contributed by atoms with E-state index in [4.69, 9.17) is 0 Å². The molecule has 0 saturated carbocycles. The lowest BCUT2D eigenvalue weighted by Crippen LogP contribution is -2.43. The van der Waals surface area contributed by atoms with E-state index in [9.17, 15) is 4.79 Å². The fraction of sp³-hybridized carbons (Fsp3) is 0.636. The second-order valence-electron chi connectivity index (χ2n) is 4.39. The topological polar surface area (TPSA) is 38.1 Å². The van der Waals surface area contributed by atoms with Crippen LogP contribution < -0.4 is 10.5 Å². The highest BCUT2D eigenvalue weighted by molar-refractivity contribution is 9.09. The Morgan fingerprint density at radius 1 is 1.56 bits per heavy atom. The minimum atomic E-state index is -0.0169. The van der Waals surface area contributed by atoms with Gasteiger partial charge in [-0.05, 0) is 12.3 Å². The Balaban J connectivity index is 2.25. The van der Waals surface area contributed by atoms with Crippen molar-refractivity contribution in [1.29, 1.82) is 0 Å². The molecule has 1 saturated heterocycles. The molecule has 88 valence electrons. The molecule has 1 aromatic heterocycles. The molecule has 0 aliphatic carbocycles. The number of alkyl halides is 1. The second kappa shape index (κ2) is 4.57. The quantitative estimate of drug-likeness (QED) is 0.732. The highest BCUT2D eigenvalue weighted by atomic mass is 79.9. The molecular formula is C11H16BrN3O. The van der Waals surface area contributed by atoms with Crippen LogP contribution in [0, 0.1) is 5.92 Å². The molecule has 2 rings (SSSR count). The van der Waals surface area contributed by atoms with Gasteiger partial charge in [-0.15, -0.1) is 0 Å². The molecule has 0 N–H and O–H groups in total. The van der Waals surface area contributed by atoms with Gasteiger partial charge in [-0.3, -0.25) is 4.79 Å². The molecule has 0 radical (unpaired) electrons. The molecule has 0 spiro atoms. The van der Waals surface area contributed by atoms with Crippen LogP contribution in [0.2, 0.25) is 0 Å². The number of hydrogen-bond acceptors (Lipinski definition) is 3. The minimum Gasteiger partial charge on any atom is -0.351 e. The molecule has 0 aromatic carbocycles. The monoisotopic (exact) mass is 285 g/mol. The van der Waals surface area contributed by atoms with Crippen molar-refractivity contribution in [3.8, 4) is 0 Å². The van der Waals surface area contributed by atoms with Crippen LogP contribution in [0.3, 0.4) is 0 Å². The average Bonchev–Trinajstić information content (AvgIpc) is 2.26. The van der Waals surface area contributed by atoms with Gasteiger partial charge in [-0.1, -0.05) is 22.9 Å². The van der Waals surface area contributed by atoms with Crippen LogP contribution in [0.1, 0.15) is 13.3 Å². The molecule has 1 aliphatic rings. The van der Waals surface area contributed by atoms with Crippen LogP contribution >= 0.6 is 15.9 Å². The van der Waals surface area contributed by atoms with Gasteiger partial charge in [0.25, 0.3) is 5.56 Å². The van der Waals surface area contributed by atoms with E-state index in [0.717, 1.165) is 19.5 Å². The van der Waals surface area contributed by atoms with Gasteiger partial charge < -0.3 is 9.47 Å². The number of anilines is 1. The number of aryl methyl sites for hydroxylation is 1. The van der Waals surface area contributed by atoms with Crippen LogP contribution in [0.25, 0.3) is 0 Å². The van der Waals surface area contributed by atoms with Crippen LogP contribution in [-0.2, 0) is 7.05 Å². The van der Waals surface area contributed by atoms with Crippen molar-refractivity contribution < 1.29 is 0 Å². The molecule has 2 unspecified atom stereocenters. The molecule has 2 heterocycles. The van der Waals surface area contributed by atoms with Crippen molar-refractivity contribution in [1.82, 2.24) is 9.55 Å². The zero-order chi connectivity index (χ0) is 11.7. The van der Waals surface area contributed by atoms with E-state index in [2.05, 4.69) is 32.7 Å². The van der Waals surface area contributed by atoms with E-state index >= 15 is 0 Å². The third-order valence-corrected chi connectivity index (χ3v) is 4.36. The van der Waals surface area contributed by atoms with E-state index in [1.165, 1.54) is 0 Å². The van der Waals surface area contributed by atoms with Crippen LogP contribution in [-0.4, -0.2) is 27.5 Å². The zero-order valence-corrected chi connectivity index (χ0v) is 11.1. The van der Waals surface area contributed by atoms with E-state index in [0.29, 0.717) is 16.6 Å². The van der Waals surface area contributed by atoms with E-state index in [1.807, 2.05) is 0 Å². The Bertz CT molecular complexity index is 431. The summed E-state index contributed by atoms with van der Waals surface area (Å²) in [7, 11) is 1.76. The number of hydrogen-bond donors (Lipinski definition) is 0. The van der Waals surface area contributed by atoms with Gasteiger partial charge in [0.1, 0.15) is 0 Å². The first-order chi connectivity index (χ1) is 7.59. The first-order valence-electron chi connectivity index (χ1n) is 5.50. The van der Waals surface area contributed by atoms with E-state index in [1.54, 1.807) is 24.0 Å². The summed E-state index contributed by atoms with van der Waals surface area (Å²) in [5.74, 6) is 1.23. The van der Waals surface area contributed by atoms with Gasteiger partial charge in [0, 0.05) is 37.4 Å². The summed E-state index contributed by atoms with van der Waals surface area (Å²) in [5.41, 5.74) is -0.0169. The van der Waals surface area contributed by atoms with Crippen LogP contribution in [0.15, 0.2) is 17.2 Å². The van der Waals surface area contributed by atoms with Gasteiger partial charge in [0.2, 0.25) is 0 Å². The molecule has 16 heavy (non-hydrogen) atoms. The molecule has 1 aliphatic heterocycles. The Morgan fingerprint density at radius 3 is 3.00 bits per heavy atom. The summed E-state index contributed by atoms with van der Waals surface area (Å²) in [6.07, 6.45) is 4.46. The number of nitrogens with zero attached hydrogens (tertiary/aromatic N) is 3. The highest BCUT2D eigenvalue weighted by Crippen LogP contribution is 2.24. The maximum atomic E-state index is 11.9. The van der Waals surface area contributed by atoms with Gasteiger partial charge in [0.15, 0.2) is 5.82 Å². The molecule has 5 heteroatoms. The smallest absolute Gasteiger partial charge is 0.293 e. The standard InChI is InChI=1S/C11H16BrN3O/c1-8-3-5-15(7-9(8)12)10-11(16)14(2)6-4-13-10/h4,6,8-9H,3,5,7H2,1-2H3. The van der Waals surface area contributed by atoms with E-state index in [-0.39, 0.29) is 5.56 Å². The SMILES string of the molecule is CC1CCN(c2nccn(C)c2=O)CC1Br. The molecule has 1 fully saturated rings. The van der Waals surface area contributed by atoms with E-state index < -0.39 is 0 Å². The molecule has 0 bridgehead atoms. The molecule has 2 atom stereocenters. The summed E-state index contributed by atoms with van der Waals surface area (Å²) in [4.78, 5) is 18.6. The van der Waals surface area contributed by atoms with Crippen molar-refractivity contribution in [2.24, 2.45) is 13.0 Å². The fourth-order valence-corrected chi connectivity index (χ4v) is 2.53. The summed E-state index contributed by atoms with van der Waals surface area (Å²) in [6, 6.07) is 0. The predicted molar refractivity (Wildman–Crippen MR) is 68.2 cm³/mol. The fourth-order valence-electron chi connectivity index (χ4n) is 1.92. The van der Waals surface area contributed by atoms with Crippen molar-refractivity contribution >= 4 is 21.7 Å². The normalized spacial score (nSPS) is 25.8. The number of halogens is 1. The molecular weight excluding hydrogens is 270 g/mol. The zero-order valence-electron chi connectivity index (χ0n) is 9.56. The Morgan fingerprint density at radius 2 is 2.31 bits per heavy atom. The highest BCUT2D eigenvalue weighted by Gasteiger charge is 2.26. The van der Waals surface area contributed by atoms with Gasteiger partial charge in [-0.25, -0.2) is 4.98 Å². The average molecular weight is 286 g/mol. The maximum absolute atomic E-state index is 11.9. The minimum absolute atomic E-state index is 0.0169. The van der Waals surface area contributed by atoms with Crippen molar-refractivity contribution in [3.63, 3.8) is 0 Å². The Kier molecular flexibility index (Phi) is 3.33. The van der Waals surface area contributed by atoms with Crippen molar-refractivity contribution in [2.45, 2.75) is 18.2 Å². The van der Waals surface area contributed by atoms with Gasteiger partial charge >= 0.3 is 0 Å². The summed E-state index contributed by atoms with van der Waals surface area (Å²) in [6.45, 7) is 4.00. The largest absolute Gasteiger partial charge is 0.351 e. The lowest BCUT2D eigenvalue weighted by Gasteiger charge is -2.34. The lowest BCUT2D eigenvalue weighted by atomic mass is 9.99. The summed E-state index contributed by atoms with van der Waals surface area (Å²) in [5, 5.41) is 0.